The summed E-state index contributed by atoms with van der Waals surface area (Å²) in [6.07, 6.45) is 5.45. The fraction of sp³-hybridized carbons (Fsp3) is 0.182. The standard InChI is InChI=1S/C11H9F2NO/c1-2-3-4-11(15)14-8-5-6-9(12)10(13)7-8/h1,5-7H,3-4H2,(H,14,15). The molecule has 0 atom stereocenters. The van der Waals surface area contributed by atoms with Gasteiger partial charge in [0.1, 0.15) is 0 Å². The Kier molecular flexibility index (Phi) is 3.81. The highest BCUT2D eigenvalue weighted by molar-refractivity contribution is 5.90. The zero-order valence-corrected chi connectivity index (χ0v) is 7.89. The van der Waals surface area contributed by atoms with Crippen molar-refractivity contribution < 1.29 is 13.6 Å². The van der Waals surface area contributed by atoms with E-state index in [2.05, 4.69) is 11.2 Å². The summed E-state index contributed by atoms with van der Waals surface area (Å²) in [5.41, 5.74) is 0.218. The maximum absolute atomic E-state index is 12.7. The van der Waals surface area contributed by atoms with Gasteiger partial charge >= 0.3 is 0 Å². The van der Waals surface area contributed by atoms with E-state index in [1.165, 1.54) is 6.07 Å². The van der Waals surface area contributed by atoms with Crippen LogP contribution in [0.4, 0.5) is 14.5 Å². The number of hydrogen-bond acceptors (Lipinski definition) is 1. The zero-order chi connectivity index (χ0) is 11.3. The van der Waals surface area contributed by atoms with E-state index in [4.69, 9.17) is 6.42 Å². The first-order chi connectivity index (χ1) is 7.13. The molecule has 0 unspecified atom stereocenters. The summed E-state index contributed by atoms with van der Waals surface area (Å²) < 4.78 is 25.2. The molecule has 1 aromatic carbocycles. The first-order valence-electron chi connectivity index (χ1n) is 4.32. The fourth-order valence-electron chi connectivity index (χ4n) is 0.983. The number of benzene rings is 1. The minimum atomic E-state index is -0.996. The first-order valence-corrected chi connectivity index (χ1v) is 4.32. The van der Waals surface area contributed by atoms with Gasteiger partial charge in [0.05, 0.1) is 0 Å². The van der Waals surface area contributed by atoms with E-state index in [0.717, 1.165) is 12.1 Å². The highest BCUT2D eigenvalue weighted by Crippen LogP contribution is 2.13. The lowest BCUT2D eigenvalue weighted by Gasteiger charge is -2.03. The van der Waals surface area contributed by atoms with Gasteiger partial charge in [-0.15, -0.1) is 12.3 Å². The minimum Gasteiger partial charge on any atom is -0.326 e. The molecule has 1 N–H and O–H groups in total. The van der Waals surface area contributed by atoms with Crippen LogP contribution in [0.3, 0.4) is 0 Å². The van der Waals surface area contributed by atoms with E-state index in [-0.39, 0.29) is 18.0 Å². The number of anilines is 1. The molecule has 1 amide bonds. The van der Waals surface area contributed by atoms with Crippen molar-refractivity contribution in [1.29, 1.82) is 0 Å². The average molecular weight is 209 g/mol. The number of terminal acetylenes is 1. The highest BCUT2D eigenvalue weighted by atomic mass is 19.2. The second-order valence-corrected chi connectivity index (χ2v) is 2.88. The van der Waals surface area contributed by atoms with Crippen LogP contribution in [0.5, 0.6) is 0 Å². The van der Waals surface area contributed by atoms with Crippen LogP contribution in [0.1, 0.15) is 12.8 Å². The summed E-state index contributed by atoms with van der Waals surface area (Å²) in [5.74, 6) is 0.0464. The van der Waals surface area contributed by atoms with Crippen molar-refractivity contribution in [3.63, 3.8) is 0 Å². The summed E-state index contributed by atoms with van der Waals surface area (Å²) >= 11 is 0. The van der Waals surface area contributed by atoms with Crippen LogP contribution in [0.25, 0.3) is 0 Å². The summed E-state index contributed by atoms with van der Waals surface area (Å²) in [7, 11) is 0. The molecule has 0 fully saturated rings. The third-order valence-electron chi connectivity index (χ3n) is 1.70. The fourth-order valence-corrected chi connectivity index (χ4v) is 0.983. The molecule has 0 bridgehead atoms. The first kappa shape index (κ1) is 11.2. The number of carbonyl (C=O) groups is 1. The molecular weight excluding hydrogens is 200 g/mol. The number of amides is 1. The summed E-state index contributed by atoms with van der Waals surface area (Å²) in [5, 5.41) is 2.40. The number of rotatable bonds is 3. The second kappa shape index (κ2) is 5.11. The van der Waals surface area contributed by atoms with Crippen molar-refractivity contribution in [2.75, 3.05) is 5.32 Å². The molecule has 15 heavy (non-hydrogen) atoms. The molecule has 78 valence electrons. The van der Waals surface area contributed by atoms with Crippen LogP contribution < -0.4 is 5.32 Å². The average Bonchev–Trinajstić information content (AvgIpc) is 2.20. The Labute approximate surface area is 86.3 Å². The lowest BCUT2D eigenvalue weighted by atomic mass is 10.2. The third-order valence-corrected chi connectivity index (χ3v) is 1.70. The Morgan fingerprint density at radius 1 is 1.40 bits per heavy atom. The van der Waals surface area contributed by atoms with E-state index in [0.29, 0.717) is 6.42 Å². The predicted molar refractivity (Wildman–Crippen MR) is 53.1 cm³/mol. The van der Waals surface area contributed by atoms with E-state index in [1.54, 1.807) is 0 Å². The van der Waals surface area contributed by atoms with Crippen molar-refractivity contribution in [2.24, 2.45) is 0 Å². The van der Waals surface area contributed by atoms with Gasteiger partial charge in [0.15, 0.2) is 11.6 Å². The van der Waals surface area contributed by atoms with Gasteiger partial charge in [-0.2, -0.15) is 0 Å². The van der Waals surface area contributed by atoms with Gasteiger partial charge in [0, 0.05) is 24.6 Å². The molecule has 1 aromatic rings. The molecule has 0 saturated carbocycles. The van der Waals surface area contributed by atoms with E-state index >= 15 is 0 Å². The lowest BCUT2D eigenvalue weighted by molar-refractivity contribution is -0.116. The van der Waals surface area contributed by atoms with E-state index in [1.807, 2.05) is 0 Å². The largest absolute Gasteiger partial charge is 0.326 e. The number of nitrogens with one attached hydrogen (secondary N) is 1. The molecule has 0 radical (unpaired) electrons. The molecule has 0 aromatic heterocycles. The molecule has 0 spiro atoms. The molecular formula is C11H9F2NO. The van der Waals surface area contributed by atoms with Gasteiger partial charge in [-0.3, -0.25) is 4.79 Å². The predicted octanol–water partition coefficient (Wildman–Crippen LogP) is 2.32. The normalized spacial score (nSPS) is 9.40. The van der Waals surface area contributed by atoms with E-state index < -0.39 is 11.6 Å². The van der Waals surface area contributed by atoms with Crippen LogP contribution in [0.15, 0.2) is 18.2 Å². The number of carbonyl (C=O) groups excluding carboxylic acids is 1. The van der Waals surface area contributed by atoms with Gasteiger partial charge in [0.2, 0.25) is 5.91 Å². The highest BCUT2D eigenvalue weighted by Gasteiger charge is 2.05. The summed E-state index contributed by atoms with van der Waals surface area (Å²) in [6.45, 7) is 0. The van der Waals surface area contributed by atoms with Crippen LogP contribution in [0, 0.1) is 24.0 Å². The van der Waals surface area contributed by atoms with Crippen molar-refractivity contribution >= 4 is 11.6 Å². The maximum atomic E-state index is 12.7. The van der Waals surface area contributed by atoms with Crippen molar-refractivity contribution in [2.45, 2.75) is 12.8 Å². The van der Waals surface area contributed by atoms with Gasteiger partial charge < -0.3 is 5.32 Å². The molecule has 0 saturated heterocycles. The van der Waals surface area contributed by atoms with Crippen LogP contribution in [-0.2, 0) is 4.79 Å². The SMILES string of the molecule is C#CCCC(=O)Nc1ccc(F)c(F)c1. The molecule has 0 aliphatic heterocycles. The maximum Gasteiger partial charge on any atom is 0.225 e. The molecule has 0 aliphatic rings. The Balaban J connectivity index is 2.62. The molecule has 2 nitrogen and oxygen atoms in total. The Morgan fingerprint density at radius 2 is 2.13 bits per heavy atom. The van der Waals surface area contributed by atoms with Crippen LogP contribution in [0.2, 0.25) is 0 Å². The van der Waals surface area contributed by atoms with Gasteiger partial charge in [-0.05, 0) is 12.1 Å². The van der Waals surface area contributed by atoms with Crippen LogP contribution in [-0.4, -0.2) is 5.91 Å². The lowest BCUT2D eigenvalue weighted by Crippen LogP contribution is -2.11. The summed E-state index contributed by atoms with van der Waals surface area (Å²) in [6, 6.07) is 3.15. The minimum absolute atomic E-state index is 0.162. The van der Waals surface area contributed by atoms with Crippen LogP contribution >= 0.6 is 0 Å². The Hall–Kier alpha value is -1.89. The molecule has 0 aliphatic carbocycles. The third kappa shape index (κ3) is 3.39. The Bertz CT molecular complexity index is 410. The molecule has 1 rings (SSSR count). The zero-order valence-electron chi connectivity index (χ0n) is 7.89. The van der Waals surface area contributed by atoms with Crippen molar-refractivity contribution in [3.05, 3.63) is 29.8 Å². The van der Waals surface area contributed by atoms with Gasteiger partial charge in [-0.25, -0.2) is 8.78 Å². The number of hydrogen-bond donors (Lipinski definition) is 1. The second-order valence-electron chi connectivity index (χ2n) is 2.88. The summed E-state index contributed by atoms with van der Waals surface area (Å²) in [4.78, 5) is 11.1. The van der Waals surface area contributed by atoms with Gasteiger partial charge in [0.25, 0.3) is 0 Å². The van der Waals surface area contributed by atoms with Gasteiger partial charge in [-0.1, -0.05) is 0 Å². The Morgan fingerprint density at radius 3 is 2.73 bits per heavy atom. The van der Waals surface area contributed by atoms with Crippen molar-refractivity contribution in [1.82, 2.24) is 0 Å². The quantitative estimate of drug-likeness (QED) is 0.760. The monoisotopic (exact) mass is 209 g/mol. The number of halogens is 2. The molecule has 0 heterocycles. The smallest absolute Gasteiger partial charge is 0.225 e. The molecule has 4 heteroatoms. The topological polar surface area (TPSA) is 29.1 Å². The van der Waals surface area contributed by atoms with Crippen molar-refractivity contribution in [3.8, 4) is 12.3 Å². The van der Waals surface area contributed by atoms with E-state index in [9.17, 15) is 13.6 Å².